The summed E-state index contributed by atoms with van der Waals surface area (Å²) in [5.41, 5.74) is 3.19. The molecule has 1 N–H and O–H groups in total. The van der Waals surface area contributed by atoms with Gasteiger partial charge in [-0.2, -0.15) is 5.10 Å². The van der Waals surface area contributed by atoms with Crippen LogP contribution in [0.15, 0.2) is 18.2 Å². The van der Waals surface area contributed by atoms with Crippen LogP contribution in [0.25, 0.3) is 0 Å². The van der Waals surface area contributed by atoms with Crippen LogP contribution in [-0.4, -0.2) is 16.3 Å². The van der Waals surface area contributed by atoms with Gasteiger partial charge in [0.1, 0.15) is 11.0 Å². The molecule has 0 spiro atoms. The summed E-state index contributed by atoms with van der Waals surface area (Å²) >= 11 is 6.30. The van der Waals surface area contributed by atoms with E-state index in [0.717, 1.165) is 17.8 Å². The fraction of sp³-hybridized carbons (Fsp3) is 0.438. The van der Waals surface area contributed by atoms with Crippen molar-refractivity contribution in [2.45, 2.75) is 33.2 Å². The molecule has 2 rings (SSSR count). The normalized spacial score (nSPS) is 12.7. The Bertz CT molecular complexity index is 637. The number of aromatic nitrogens is 2. The van der Waals surface area contributed by atoms with Gasteiger partial charge in [-0.05, 0) is 32.4 Å². The fourth-order valence-electron chi connectivity index (χ4n) is 2.59. The number of benzene rings is 1. The number of nitrogens with zero attached hydrogens (tertiary/aromatic N) is 2. The van der Waals surface area contributed by atoms with Gasteiger partial charge in [0.25, 0.3) is 0 Å². The van der Waals surface area contributed by atoms with E-state index in [1.807, 2.05) is 33.0 Å². The lowest BCUT2D eigenvalue weighted by atomic mass is 9.97. The van der Waals surface area contributed by atoms with Gasteiger partial charge in [0.15, 0.2) is 0 Å². The van der Waals surface area contributed by atoms with Crippen LogP contribution < -0.4 is 5.32 Å². The molecule has 1 heterocycles. The largest absolute Gasteiger partial charge is 0.310 e. The molecular weight excluding hydrogens is 289 g/mol. The average molecular weight is 310 g/mol. The molecule has 0 aliphatic carbocycles. The summed E-state index contributed by atoms with van der Waals surface area (Å²) in [6, 6.07) is 5.38. The number of aryl methyl sites for hydroxylation is 3. The first-order valence-electron chi connectivity index (χ1n) is 7.12. The highest BCUT2D eigenvalue weighted by Crippen LogP contribution is 2.28. The Balaban J connectivity index is 2.38. The Kier molecular flexibility index (Phi) is 5.01. The average Bonchev–Trinajstić information content (AvgIpc) is 2.68. The molecule has 21 heavy (non-hydrogen) atoms. The highest BCUT2D eigenvalue weighted by Gasteiger charge is 2.21. The van der Waals surface area contributed by atoms with Crippen LogP contribution >= 0.6 is 11.6 Å². The molecule has 0 amide bonds. The van der Waals surface area contributed by atoms with Gasteiger partial charge in [-0.3, -0.25) is 4.68 Å². The molecular formula is C16H21ClFN3. The maximum Gasteiger partial charge on any atom is 0.130 e. The van der Waals surface area contributed by atoms with Crippen molar-refractivity contribution in [2.24, 2.45) is 7.05 Å². The molecule has 114 valence electrons. The van der Waals surface area contributed by atoms with Crippen LogP contribution in [0, 0.1) is 19.7 Å². The number of halogens is 2. The first-order chi connectivity index (χ1) is 9.95. The van der Waals surface area contributed by atoms with Crippen LogP contribution in [-0.2, 0) is 13.5 Å². The van der Waals surface area contributed by atoms with Gasteiger partial charge in [0, 0.05) is 24.2 Å². The summed E-state index contributed by atoms with van der Waals surface area (Å²) in [5.74, 6) is -0.152. The second-order valence-corrected chi connectivity index (χ2v) is 5.63. The lowest BCUT2D eigenvalue weighted by Crippen LogP contribution is -2.24. The molecule has 0 fully saturated rings. The summed E-state index contributed by atoms with van der Waals surface area (Å²) in [4.78, 5) is 0. The van der Waals surface area contributed by atoms with E-state index in [4.69, 9.17) is 11.6 Å². The van der Waals surface area contributed by atoms with Crippen LogP contribution in [0.2, 0.25) is 5.15 Å². The molecule has 0 bridgehead atoms. The third-order valence-corrected chi connectivity index (χ3v) is 4.20. The van der Waals surface area contributed by atoms with Gasteiger partial charge in [-0.15, -0.1) is 0 Å². The van der Waals surface area contributed by atoms with Crippen molar-refractivity contribution in [1.82, 2.24) is 15.1 Å². The number of likely N-dealkylation sites (N-methyl/N-ethyl adjacent to an activating group) is 1. The van der Waals surface area contributed by atoms with E-state index < -0.39 is 0 Å². The van der Waals surface area contributed by atoms with Gasteiger partial charge < -0.3 is 5.32 Å². The highest BCUT2D eigenvalue weighted by atomic mass is 35.5. The third-order valence-electron chi connectivity index (χ3n) is 3.73. The van der Waals surface area contributed by atoms with Crippen molar-refractivity contribution in [2.75, 3.05) is 6.54 Å². The minimum atomic E-state index is -0.152. The summed E-state index contributed by atoms with van der Waals surface area (Å²) in [5, 5.41) is 8.28. The molecule has 0 aliphatic heterocycles. The maximum atomic E-state index is 14.4. The molecule has 2 aromatic rings. The number of nitrogens with one attached hydrogen (secondary N) is 1. The lowest BCUT2D eigenvalue weighted by molar-refractivity contribution is 0.506. The molecule has 1 aromatic carbocycles. The van der Waals surface area contributed by atoms with Gasteiger partial charge in [0.05, 0.1) is 5.69 Å². The van der Waals surface area contributed by atoms with Crippen LogP contribution in [0.1, 0.15) is 35.3 Å². The van der Waals surface area contributed by atoms with E-state index in [-0.39, 0.29) is 11.9 Å². The Morgan fingerprint density at radius 2 is 2.10 bits per heavy atom. The fourth-order valence-corrected chi connectivity index (χ4v) is 2.84. The van der Waals surface area contributed by atoms with Crippen molar-refractivity contribution < 1.29 is 4.39 Å². The molecule has 1 atom stereocenters. The van der Waals surface area contributed by atoms with Crippen molar-refractivity contribution in [3.05, 3.63) is 51.6 Å². The van der Waals surface area contributed by atoms with E-state index >= 15 is 0 Å². The summed E-state index contributed by atoms with van der Waals surface area (Å²) < 4.78 is 16.0. The quantitative estimate of drug-likeness (QED) is 0.912. The standard InChI is InChI=1S/C16H21ClFN3/c1-5-19-14(12-8-6-7-10(2)15(12)18)9-13-11(3)20-21(4)16(13)17/h6-8,14,19H,5,9H2,1-4H3. The van der Waals surface area contributed by atoms with E-state index in [1.165, 1.54) is 0 Å². The second kappa shape index (κ2) is 6.58. The van der Waals surface area contributed by atoms with Crippen LogP contribution in [0.4, 0.5) is 4.39 Å². The van der Waals surface area contributed by atoms with Gasteiger partial charge in [-0.25, -0.2) is 4.39 Å². The molecule has 0 saturated heterocycles. The van der Waals surface area contributed by atoms with Crippen molar-refractivity contribution in [3.8, 4) is 0 Å². The first kappa shape index (κ1) is 16.0. The summed E-state index contributed by atoms with van der Waals surface area (Å²) in [6.07, 6.45) is 0.618. The lowest BCUT2D eigenvalue weighted by Gasteiger charge is -2.20. The molecule has 0 saturated carbocycles. The maximum absolute atomic E-state index is 14.4. The highest BCUT2D eigenvalue weighted by molar-refractivity contribution is 6.30. The topological polar surface area (TPSA) is 29.9 Å². The number of hydrogen-bond acceptors (Lipinski definition) is 2. The monoisotopic (exact) mass is 309 g/mol. The Labute approximate surface area is 130 Å². The molecule has 5 heteroatoms. The first-order valence-corrected chi connectivity index (χ1v) is 7.49. The van der Waals surface area contributed by atoms with Crippen molar-refractivity contribution in [1.29, 1.82) is 0 Å². The minimum absolute atomic E-state index is 0.115. The van der Waals surface area contributed by atoms with Gasteiger partial charge >= 0.3 is 0 Å². The zero-order chi connectivity index (χ0) is 15.6. The summed E-state index contributed by atoms with van der Waals surface area (Å²) in [6.45, 7) is 6.48. The zero-order valence-corrected chi connectivity index (χ0v) is 13.6. The van der Waals surface area contributed by atoms with Gasteiger partial charge in [-0.1, -0.05) is 36.7 Å². The molecule has 0 aliphatic rings. The second-order valence-electron chi connectivity index (χ2n) is 5.27. The predicted molar refractivity (Wildman–Crippen MR) is 84.2 cm³/mol. The molecule has 1 unspecified atom stereocenters. The smallest absolute Gasteiger partial charge is 0.130 e. The number of hydrogen-bond donors (Lipinski definition) is 1. The van der Waals surface area contributed by atoms with Crippen molar-refractivity contribution in [3.63, 3.8) is 0 Å². The van der Waals surface area contributed by atoms with Crippen LogP contribution in [0.3, 0.4) is 0 Å². The van der Waals surface area contributed by atoms with E-state index in [2.05, 4.69) is 10.4 Å². The minimum Gasteiger partial charge on any atom is -0.310 e. The Hall–Kier alpha value is -1.39. The molecule has 3 nitrogen and oxygen atoms in total. The van der Waals surface area contributed by atoms with Crippen molar-refractivity contribution >= 4 is 11.6 Å². The number of rotatable bonds is 5. The zero-order valence-electron chi connectivity index (χ0n) is 12.9. The van der Waals surface area contributed by atoms with Gasteiger partial charge in [0.2, 0.25) is 0 Å². The molecule has 1 aromatic heterocycles. The van der Waals surface area contributed by atoms with E-state index in [9.17, 15) is 4.39 Å². The van der Waals surface area contributed by atoms with E-state index in [0.29, 0.717) is 22.7 Å². The predicted octanol–water partition coefficient (Wildman–Crippen LogP) is 3.72. The Morgan fingerprint density at radius 1 is 1.38 bits per heavy atom. The Morgan fingerprint density at radius 3 is 2.67 bits per heavy atom. The van der Waals surface area contributed by atoms with E-state index in [1.54, 1.807) is 17.7 Å². The third kappa shape index (κ3) is 3.27. The molecule has 0 radical (unpaired) electrons. The van der Waals surface area contributed by atoms with Crippen LogP contribution in [0.5, 0.6) is 0 Å². The SMILES string of the molecule is CCNC(Cc1c(C)nn(C)c1Cl)c1cccc(C)c1F. The summed E-state index contributed by atoms with van der Waals surface area (Å²) in [7, 11) is 1.81.